The predicted molar refractivity (Wildman–Crippen MR) is 89.4 cm³/mol. The van der Waals surface area contributed by atoms with Crippen LogP contribution in [0.3, 0.4) is 0 Å². The number of aliphatic hydroxyl groups excluding tert-OH is 1. The molecule has 2 heterocycles. The summed E-state index contributed by atoms with van der Waals surface area (Å²) in [4.78, 5) is 4.75. The van der Waals surface area contributed by atoms with Crippen LogP contribution in [-0.2, 0) is 6.54 Å². The van der Waals surface area contributed by atoms with Gasteiger partial charge >= 0.3 is 0 Å². The second-order valence-corrected chi connectivity index (χ2v) is 6.42. The monoisotopic (exact) mass is 315 g/mol. The quantitative estimate of drug-likeness (QED) is 0.897. The largest absolute Gasteiger partial charge is 0.392 e. The smallest absolute Gasteiger partial charge is 0.0971 e. The molecule has 1 aliphatic heterocycles. The number of nitrogens with zero attached hydrogens (tertiary/aromatic N) is 5. The summed E-state index contributed by atoms with van der Waals surface area (Å²) in [5.41, 5.74) is 2.02. The maximum absolute atomic E-state index is 9.56. The van der Waals surface area contributed by atoms with E-state index in [0.29, 0.717) is 6.04 Å². The van der Waals surface area contributed by atoms with Crippen molar-refractivity contribution in [2.75, 3.05) is 26.2 Å². The topological polar surface area (TPSA) is 57.4 Å². The van der Waals surface area contributed by atoms with Crippen molar-refractivity contribution in [3.05, 3.63) is 42.2 Å². The Morgan fingerprint density at radius 1 is 1.26 bits per heavy atom. The van der Waals surface area contributed by atoms with Gasteiger partial charge in [-0.05, 0) is 26.0 Å². The van der Waals surface area contributed by atoms with Crippen molar-refractivity contribution in [2.45, 2.75) is 32.5 Å². The third-order valence-corrected chi connectivity index (χ3v) is 4.30. The molecule has 6 heteroatoms. The highest BCUT2D eigenvalue weighted by molar-refractivity contribution is 5.29. The summed E-state index contributed by atoms with van der Waals surface area (Å²) in [6.07, 6.45) is 1.73. The average Bonchev–Trinajstić information content (AvgIpc) is 2.99. The Balaban J connectivity index is 1.58. The molecule has 23 heavy (non-hydrogen) atoms. The highest BCUT2D eigenvalue weighted by Gasteiger charge is 2.24. The SMILES string of the molecule is C[C@@H](O)CN1CCN(Cc2cn(-c3ccccc3)nn2)C[C@@H]1C. The Labute approximate surface area is 137 Å². The maximum atomic E-state index is 9.56. The summed E-state index contributed by atoms with van der Waals surface area (Å²) in [5.74, 6) is 0. The van der Waals surface area contributed by atoms with E-state index < -0.39 is 0 Å². The van der Waals surface area contributed by atoms with E-state index >= 15 is 0 Å². The number of rotatable bonds is 5. The van der Waals surface area contributed by atoms with Crippen molar-refractivity contribution in [3.63, 3.8) is 0 Å². The standard InChI is InChI=1S/C17H25N5O/c1-14-10-20(8-9-21(14)11-15(2)23)12-16-13-22(19-18-16)17-6-4-3-5-7-17/h3-7,13-15,23H,8-12H2,1-2H3/t14-,15+/m0/s1. The molecule has 2 atom stereocenters. The van der Waals surface area contributed by atoms with Crippen LogP contribution in [0.25, 0.3) is 5.69 Å². The minimum Gasteiger partial charge on any atom is -0.392 e. The minimum absolute atomic E-state index is 0.269. The van der Waals surface area contributed by atoms with E-state index in [0.717, 1.165) is 44.1 Å². The van der Waals surface area contributed by atoms with E-state index in [4.69, 9.17) is 0 Å². The van der Waals surface area contributed by atoms with Crippen LogP contribution in [-0.4, -0.2) is 68.2 Å². The Hall–Kier alpha value is -1.76. The van der Waals surface area contributed by atoms with E-state index in [1.807, 2.05) is 48.1 Å². The normalized spacial score (nSPS) is 21.4. The number of hydrogen-bond acceptors (Lipinski definition) is 5. The zero-order valence-corrected chi connectivity index (χ0v) is 13.8. The zero-order valence-electron chi connectivity index (χ0n) is 13.8. The van der Waals surface area contributed by atoms with Gasteiger partial charge in [0.2, 0.25) is 0 Å². The molecular weight excluding hydrogens is 290 g/mol. The molecule has 0 bridgehead atoms. The van der Waals surface area contributed by atoms with E-state index in [1.165, 1.54) is 0 Å². The number of aromatic nitrogens is 3. The lowest BCUT2D eigenvalue weighted by Gasteiger charge is -2.40. The van der Waals surface area contributed by atoms with E-state index in [-0.39, 0.29) is 6.10 Å². The first-order valence-corrected chi connectivity index (χ1v) is 8.23. The first-order chi connectivity index (χ1) is 11.1. The van der Waals surface area contributed by atoms with Crippen molar-refractivity contribution in [1.29, 1.82) is 0 Å². The molecule has 3 rings (SSSR count). The van der Waals surface area contributed by atoms with Gasteiger partial charge in [0, 0.05) is 38.8 Å². The van der Waals surface area contributed by atoms with Gasteiger partial charge in [0.25, 0.3) is 0 Å². The minimum atomic E-state index is -0.269. The molecule has 0 aliphatic carbocycles. The van der Waals surface area contributed by atoms with Gasteiger partial charge in [0.1, 0.15) is 0 Å². The summed E-state index contributed by atoms with van der Waals surface area (Å²) in [6, 6.07) is 10.5. The molecule has 2 aromatic rings. The molecule has 0 unspecified atom stereocenters. The summed E-state index contributed by atoms with van der Waals surface area (Å²) in [7, 11) is 0. The summed E-state index contributed by atoms with van der Waals surface area (Å²) >= 11 is 0. The molecule has 0 amide bonds. The van der Waals surface area contributed by atoms with Crippen LogP contribution in [0.2, 0.25) is 0 Å². The first-order valence-electron chi connectivity index (χ1n) is 8.23. The van der Waals surface area contributed by atoms with Crippen molar-refractivity contribution in [3.8, 4) is 5.69 Å². The Bertz CT molecular complexity index is 612. The van der Waals surface area contributed by atoms with Crippen LogP contribution in [0.1, 0.15) is 19.5 Å². The Morgan fingerprint density at radius 2 is 2.04 bits per heavy atom. The lowest BCUT2D eigenvalue weighted by atomic mass is 10.1. The second kappa shape index (κ2) is 7.21. The molecule has 1 fully saturated rings. The van der Waals surface area contributed by atoms with Crippen LogP contribution in [0.15, 0.2) is 36.5 Å². The van der Waals surface area contributed by atoms with Gasteiger partial charge in [0.15, 0.2) is 0 Å². The van der Waals surface area contributed by atoms with Crippen molar-refractivity contribution in [2.24, 2.45) is 0 Å². The number of β-amino-alcohol motifs (C(OH)–C–C–N with tert-alkyl or cyclic N) is 1. The van der Waals surface area contributed by atoms with E-state index in [2.05, 4.69) is 27.0 Å². The molecule has 0 radical (unpaired) electrons. The molecule has 6 nitrogen and oxygen atoms in total. The van der Waals surface area contributed by atoms with Crippen molar-refractivity contribution >= 4 is 0 Å². The summed E-state index contributed by atoms with van der Waals surface area (Å²) in [6.45, 7) is 8.61. The van der Waals surface area contributed by atoms with Gasteiger partial charge in [-0.2, -0.15) is 0 Å². The third kappa shape index (κ3) is 4.16. The molecule has 1 aromatic carbocycles. The fraction of sp³-hybridized carbons (Fsp3) is 0.529. The van der Waals surface area contributed by atoms with Gasteiger partial charge < -0.3 is 5.11 Å². The maximum Gasteiger partial charge on any atom is 0.0971 e. The summed E-state index contributed by atoms with van der Waals surface area (Å²) in [5, 5.41) is 18.1. The van der Waals surface area contributed by atoms with Gasteiger partial charge in [-0.1, -0.05) is 23.4 Å². The van der Waals surface area contributed by atoms with Crippen molar-refractivity contribution in [1.82, 2.24) is 24.8 Å². The summed E-state index contributed by atoms with van der Waals surface area (Å²) < 4.78 is 1.82. The number of hydrogen-bond donors (Lipinski definition) is 1. The van der Waals surface area contributed by atoms with Gasteiger partial charge in [-0.15, -0.1) is 5.10 Å². The van der Waals surface area contributed by atoms with E-state index in [9.17, 15) is 5.11 Å². The number of piperazine rings is 1. The number of aliphatic hydroxyl groups is 1. The van der Waals surface area contributed by atoms with E-state index in [1.54, 1.807) is 0 Å². The van der Waals surface area contributed by atoms with Gasteiger partial charge in [-0.25, -0.2) is 4.68 Å². The van der Waals surface area contributed by atoms with Crippen LogP contribution in [0.4, 0.5) is 0 Å². The average molecular weight is 315 g/mol. The molecule has 0 saturated carbocycles. The van der Waals surface area contributed by atoms with Crippen LogP contribution in [0.5, 0.6) is 0 Å². The van der Waals surface area contributed by atoms with Gasteiger partial charge in [0.05, 0.1) is 23.7 Å². The number of para-hydroxylation sites is 1. The molecule has 1 aromatic heterocycles. The predicted octanol–water partition coefficient (Wildman–Crippen LogP) is 1.15. The first kappa shape index (κ1) is 16.1. The van der Waals surface area contributed by atoms with Gasteiger partial charge in [-0.3, -0.25) is 9.80 Å². The third-order valence-electron chi connectivity index (χ3n) is 4.30. The second-order valence-electron chi connectivity index (χ2n) is 6.42. The number of benzene rings is 1. The molecular formula is C17H25N5O. The fourth-order valence-electron chi connectivity index (χ4n) is 3.13. The lowest BCUT2D eigenvalue weighted by Crippen LogP contribution is -2.53. The van der Waals surface area contributed by atoms with Crippen LogP contribution >= 0.6 is 0 Å². The lowest BCUT2D eigenvalue weighted by molar-refractivity contribution is 0.0418. The fourth-order valence-corrected chi connectivity index (χ4v) is 3.13. The molecule has 0 spiro atoms. The van der Waals surface area contributed by atoms with Crippen LogP contribution in [0, 0.1) is 0 Å². The molecule has 1 saturated heterocycles. The molecule has 1 N–H and O–H groups in total. The zero-order chi connectivity index (χ0) is 16.2. The highest BCUT2D eigenvalue weighted by Crippen LogP contribution is 2.13. The Kier molecular flexibility index (Phi) is 5.05. The molecule has 1 aliphatic rings. The highest BCUT2D eigenvalue weighted by atomic mass is 16.3. The van der Waals surface area contributed by atoms with Crippen molar-refractivity contribution < 1.29 is 5.11 Å². The Morgan fingerprint density at radius 3 is 2.74 bits per heavy atom. The molecule has 124 valence electrons. The van der Waals surface area contributed by atoms with Crippen LogP contribution < -0.4 is 0 Å².